The molecule has 3 heteroatoms. The van der Waals surface area contributed by atoms with Crippen molar-refractivity contribution in [3.05, 3.63) is 64.3 Å². The lowest BCUT2D eigenvalue weighted by Crippen LogP contribution is -2.02. The number of hydrogen-bond donors (Lipinski definition) is 1. The topological polar surface area (TPSA) is 50.4 Å². The van der Waals surface area contributed by atoms with Crippen LogP contribution < -0.4 is 5.43 Å². The van der Waals surface area contributed by atoms with Gasteiger partial charge in [-0.2, -0.15) is 0 Å². The van der Waals surface area contributed by atoms with Crippen molar-refractivity contribution in [2.75, 3.05) is 0 Å². The minimum atomic E-state index is -0.0994. The van der Waals surface area contributed by atoms with E-state index in [9.17, 15) is 9.90 Å². The average molecular weight is 252 g/mol. The maximum Gasteiger partial charge on any atom is 0.193 e. The first kappa shape index (κ1) is 11.5. The Bertz CT molecular complexity index is 816. The predicted molar refractivity (Wildman–Crippen MR) is 74.3 cm³/mol. The summed E-state index contributed by atoms with van der Waals surface area (Å²) >= 11 is 0. The molecule has 1 aromatic heterocycles. The summed E-state index contributed by atoms with van der Waals surface area (Å²) in [5.41, 5.74) is 1.83. The van der Waals surface area contributed by atoms with Crippen LogP contribution in [0.15, 0.2) is 57.7 Å². The molecule has 0 saturated carbocycles. The fraction of sp³-hybridized carbons (Fsp3) is 0.0625. The summed E-state index contributed by atoms with van der Waals surface area (Å²) in [5.74, 6) is 0.471. The Morgan fingerprint density at radius 3 is 2.63 bits per heavy atom. The molecule has 0 bridgehead atoms. The zero-order valence-electron chi connectivity index (χ0n) is 10.4. The van der Waals surface area contributed by atoms with Gasteiger partial charge < -0.3 is 9.52 Å². The molecule has 94 valence electrons. The van der Waals surface area contributed by atoms with Crippen molar-refractivity contribution in [3.8, 4) is 17.1 Å². The van der Waals surface area contributed by atoms with Gasteiger partial charge in [-0.15, -0.1) is 0 Å². The molecule has 0 radical (unpaired) electrons. The van der Waals surface area contributed by atoms with E-state index in [1.165, 1.54) is 6.07 Å². The molecule has 0 unspecified atom stereocenters. The van der Waals surface area contributed by atoms with Gasteiger partial charge in [-0.05, 0) is 30.7 Å². The third-order valence-corrected chi connectivity index (χ3v) is 3.13. The van der Waals surface area contributed by atoms with E-state index in [0.29, 0.717) is 22.3 Å². The highest BCUT2D eigenvalue weighted by atomic mass is 16.3. The van der Waals surface area contributed by atoms with Gasteiger partial charge in [0, 0.05) is 6.07 Å². The fourth-order valence-electron chi connectivity index (χ4n) is 2.20. The molecule has 0 atom stereocenters. The van der Waals surface area contributed by atoms with Crippen LogP contribution in [0, 0.1) is 6.92 Å². The molecule has 2 aromatic carbocycles. The van der Waals surface area contributed by atoms with Gasteiger partial charge in [0.25, 0.3) is 0 Å². The molecule has 3 nitrogen and oxygen atoms in total. The van der Waals surface area contributed by atoms with Gasteiger partial charge >= 0.3 is 0 Å². The number of benzene rings is 2. The normalized spacial score (nSPS) is 10.8. The highest BCUT2D eigenvalue weighted by molar-refractivity contribution is 5.82. The van der Waals surface area contributed by atoms with E-state index in [4.69, 9.17) is 4.42 Å². The van der Waals surface area contributed by atoms with Crippen LogP contribution in [-0.2, 0) is 0 Å². The van der Waals surface area contributed by atoms with Gasteiger partial charge in [0.15, 0.2) is 5.43 Å². The van der Waals surface area contributed by atoms with Crippen LogP contribution in [0.2, 0.25) is 0 Å². The summed E-state index contributed by atoms with van der Waals surface area (Å²) in [5, 5.41) is 10.4. The smallest absolute Gasteiger partial charge is 0.193 e. The second-order valence-electron chi connectivity index (χ2n) is 4.44. The van der Waals surface area contributed by atoms with Crippen LogP contribution >= 0.6 is 0 Å². The standard InChI is InChI=1S/C16H12O3/c1-10-5-4-8-14-16(10)13(18)9-15(19-14)11-6-2-3-7-12(11)17/h2-9,17H,1H3. The van der Waals surface area contributed by atoms with Crippen LogP contribution in [0.5, 0.6) is 5.75 Å². The van der Waals surface area contributed by atoms with E-state index in [2.05, 4.69) is 0 Å². The highest BCUT2D eigenvalue weighted by Crippen LogP contribution is 2.29. The first-order chi connectivity index (χ1) is 9.16. The van der Waals surface area contributed by atoms with E-state index < -0.39 is 0 Å². The molecule has 0 saturated heterocycles. The van der Waals surface area contributed by atoms with Crippen molar-refractivity contribution in [2.24, 2.45) is 0 Å². The number of phenolic OH excluding ortho intramolecular Hbond substituents is 1. The number of aryl methyl sites for hydroxylation is 1. The molecule has 19 heavy (non-hydrogen) atoms. The zero-order valence-corrected chi connectivity index (χ0v) is 10.4. The maximum absolute atomic E-state index is 12.2. The Morgan fingerprint density at radius 2 is 1.84 bits per heavy atom. The molecule has 0 fully saturated rings. The van der Waals surface area contributed by atoms with E-state index in [0.717, 1.165) is 5.56 Å². The van der Waals surface area contributed by atoms with Crippen LogP contribution in [0.3, 0.4) is 0 Å². The number of fused-ring (bicyclic) bond motifs is 1. The average Bonchev–Trinajstić information content (AvgIpc) is 2.39. The van der Waals surface area contributed by atoms with Gasteiger partial charge in [0.1, 0.15) is 17.1 Å². The zero-order chi connectivity index (χ0) is 13.4. The number of phenols is 1. The van der Waals surface area contributed by atoms with Crippen LogP contribution in [0.4, 0.5) is 0 Å². The Balaban J connectivity index is 2.34. The van der Waals surface area contributed by atoms with Crippen molar-refractivity contribution in [2.45, 2.75) is 6.92 Å². The first-order valence-electron chi connectivity index (χ1n) is 5.98. The number of para-hydroxylation sites is 1. The van der Waals surface area contributed by atoms with Gasteiger partial charge in [-0.3, -0.25) is 4.79 Å². The van der Waals surface area contributed by atoms with Gasteiger partial charge in [-0.1, -0.05) is 24.3 Å². The summed E-state index contributed by atoms with van der Waals surface area (Å²) in [6.07, 6.45) is 0. The molecule has 3 aromatic rings. The molecule has 3 rings (SSSR count). The lowest BCUT2D eigenvalue weighted by molar-refractivity contribution is 0.474. The van der Waals surface area contributed by atoms with Gasteiger partial charge in [0.05, 0.1) is 10.9 Å². The largest absolute Gasteiger partial charge is 0.507 e. The Hall–Kier alpha value is -2.55. The Labute approximate surface area is 109 Å². The Morgan fingerprint density at radius 1 is 1.05 bits per heavy atom. The molecular weight excluding hydrogens is 240 g/mol. The van der Waals surface area contributed by atoms with E-state index >= 15 is 0 Å². The Kier molecular flexibility index (Phi) is 2.60. The molecule has 0 spiro atoms. The predicted octanol–water partition coefficient (Wildman–Crippen LogP) is 3.47. The van der Waals surface area contributed by atoms with Crippen molar-refractivity contribution in [1.29, 1.82) is 0 Å². The summed E-state index contributed by atoms with van der Waals surface area (Å²) in [6.45, 7) is 1.87. The molecule has 0 amide bonds. The molecule has 0 aliphatic rings. The maximum atomic E-state index is 12.2. The monoisotopic (exact) mass is 252 g/mol. The lowest BCUT2D eigenvalue weighted by Gasteiger charge is -2.06. The summed E-state index contributed by atoms with van der Waals surface area (Å²) in [7, 11) is 0. The van der Waals surface area contributed by atoms with Gasteiger partial charge in [-0.25, -0.2) is 0 Å². The third-order valence-electron chi connectivity index (χ3n) is 3.13. The summed E-state index contributed by atoms with van der Waals surface area (Å²) < 4.78 is 5.73. The first-order valence-corrected chi connectivity index (χ1v) is 5.98. The lowest BCUT2D eigenvalue weighted by atomic mass is 10.1. The molecular formula is C16H12O3. The van der Waals surface area contributed by atoms with Crippen molar-refractivity contribution in [3.63, 3.8) is 0 Å². The quantitative estimate of drug-likeness (QED) is 0.721. The van der Waals surface area contributed by atoms with Crippen LogP contribution in [0.1, 0.15) is 5.56 Å². The highest BCUT2D eigenvalue weighted by Gasteiger charge is 2.10. The van der Waals surface area contributed by atoms with Crippen molar-refractivity contribution < 1.29 is 9.52 Å². The van der Waals surface area contributed by atoms with E-state index in [-0.39, 0.29) is 11.2 Å². The third kappa shape index (κ3) is 1.89. The second-order valence-corrected chi connectivity index (χ2v) is 4.44. The van der Waals surface area contributed by atoms with Crippen LogP contribution in [-0.4, -0.2) is 5.11 Å². The molecule has 1 heterocycles. The van der Waals surface area contributed by atoms with Crippen molar-refractivity contribution in [1.82, 2.24) is 0 Å². The molecule has 0 aliphatic carbocycles. The van der Waals surface area contributed by atoms with E-state index in [1.807, 2.05) is 19.1 Å². The minimum Gasteiger partial charge on any atom is -0.507 e. The SMILES string of the molecule is Cc1cccc2oc(-c3ccccc3O)cc(=O)c12. The van der Waals surface area contributed by atoms with Crippen molar-refractivity contribution >= 4 is 11.0 Å². The fourth-order valence-corrected chi connectivity index (χ4v) is 2.20. The van der Waals surface area contributed by atoms with E-state index in [1.54, 1.807) is 30.3 Å². The van der Waals surface area contributed by atoms with Gasteiger partial charge in [0.2, 0.25) is 0 Å². The second kappa shape index (κ2) is 4.28. The number of rotatable bonds is 1. The summed E-state index contributed by atoms with van der Waals surface area (Å²) in [4.78, 5) is 12.2. The summed E-state index contributed by atoms with van der Waals surface area (Å²) in [6, 6.07) is 13.7. The minimum absolute atomic E-state index is 0.0950. The number of hydrogen-bond acceptors (Lipinski definition) is 3. The molecule has 1 N–H and O–H groups in total. The number of aromatic hydroxyl groups is 1. The molecule has 0 aliphatic heterocycles. The van der Waals surface area contributed by atoms with Crippen LogP contribution in [0.25, 0.3) is 22.3 Å².